The first kappa shape index (κ1) is 17.4. The molecule has 1 amide bonds. The molecule has 23 heavy (non-hydrogen) atoms. The smallest absolute Gasteiger partial charge is 0.272 e. The Balaban J connectivity index is 2.02. The van der Waals surface area contributed by atoms with Gasteiger partial charge in [-0.1, -0.05) is 36.4 Å². The van der Waals surface area contributed by atoms with E-state index in [1.54, 1.807) is 18.7 Å². The van der Waals surface area contributed by atoms with Gasteiger partial charge < -0.3 is 0 Å². The SMILES string of the molecule is CCCCSc1nnc(NC(=O)c2ccc([N+](=O)[O-])c(C)c2)s1. The summed E-state index contributed by atoms with van der Waals surface area (Å²) in [5.41, 5.74) is 0.784. The quantitative estimate of drug-likeness (QED) is 0.267. The Hall–Kier alpha value is -2.00. The first-order chi connectivity index (χ1) is 11.0. The van der Waals surface area contributed by atoms with Crippen LogP contribution in [0.3, 0.4) is 0 Å². The molecule has 0 unspecified atom stereocenters. The standard InChI is InChI=1S/C14H16N4O3S2/c1-3-4-7-22-14-17-16-13(23-14)15-12(19)10-5-6-11(18(20)21)9(2)8-10/h5-6,8H,3-4,7H2,1-2H3,(H,15,16,19). The highest BCUT2D eigenvalue weighted by Gasteiger charge is 2.15. The van der Waals surface area contributed by atoms with Crippen LogP contribution in [0, 0.1) is 17.0 Å². The van der Waals surface area contributed by atoms with Crippen molar-refractivity contribution in [3.63, 3.8) is 0 Å². The second kappa shape index (κ2) is 8.02. The maximum Gasteiger partial charge on any atom is 0.272 e. The molecule has 7 nitrogen and oxygen atoms in total. The number of aryl methyl sites for hydroxylation is 1. The van der Waals surface area contributed by atoms with Gasteiger partial charge in [0.2, 0.25) is 5.13 Å². The molecule has 2 aromatic rings. The molecule has 0 fully saturated rings. The summed E-state index contributed by atoms with van der Waals surface area (Å²) in [6, 6.07) is 4.25. The van der Waals surface area contributed by atoms with Crippen LogP contribution in [0.15, 0.2) is 22.5 Å². The number of nitro benzene ring substituents is 1. The maximum atomic E-state index is 12.2. The molecule has 0 saturated heterocycles. The van der Waals surface area contributed by atoms with E-state index in [9.17, 15) is 14.9 Å². The van der Waals surface area contributed by atoms with Gasteiger partial charge in [-0.05, 0) is 25.5 Å². The number of nitrogens with zero attached hydrogens (tertiary/aromatic N) is 3. The van der Waals surface area contributed by atoms with E-state index >= 15 is 0 Å². The molecule has 1 aromatic heterocycles. The zero-order valence-corrected chi connectivity index (χ0v) is 14.4. The summed E-state index contributed by atoms with van der Waals surface area (Å²) in [6.45, 7) is 3.72. The van der Waals surface area contributed by atoms with Gasteiger partial charge in [-0.3, -0.25) is 20.2 Å². The van der Waals surface area contributed by atoms with Gasteiger partial charge in [-0.15, -0.1) is 10.2 Å². The second-order valence-electron chi connectivity index (χ2n) is 4.79. The third-order valence-electron chi connectivity index (χ3n) is 3.01. The van der Waals surface area contributed by atoms with Gasteiger partial charge in [0.15, 0.2) is 4.34 Å². The number of nitrogens with one attached hydrogen (secondary N) is 1. The molecule has 0 radical (unpaired) electrons. The average molecular weight is 352 g/mol. The van der Waals surface area contributed by atoms with Gasteiger partial charge in [0.25, 0.3) is 11.6 Å². The van der Waals surface area contributed by atoms with Crippen LogP contribution in [-0.4, -0.2) is 26.8 Å². The van der Waals surface area contributed by atoms with Gasteiger partial charge in [-0.2, -0.15) is 0 Å². The van der Waals surface area contributed by atoms with Crippen molar-refractivity contribution in [2.75, 3.05) is 11.1 Å². The molecule has 0 aliphatic rings. The van der Waals surface area contributed by atoms with Crippen molar-refractivity contribution in [3.8, 4) is 0 Å². The lowest BCUT2D eigenvalue weighted by Crippen LogP contribution is -2.12. The molecular formula is C14H16N4O3S2. The van der Waals surface area contributed by atoms with Gasteiger partial charge in [0.1, 0.15) is 0 Å². The zero-order valence-electron chi connectivity index (χ0n) is 12.7. The minimum absolute atomic E-state index is 0.00734. The molecule has 0 aliphatic heterocycles. The molecule has 1 aromatic carbocycles. The van der Waals surface area contributed by atoms with Gasteiger partial charge in [-0.25, -0.2) is 0 Å². The first-order valence-electron chi connectivity index (χ1n) is 7.04. The van der Waals surface area contributed by atoms with E-state index < -0.39 is 4.92 Å². The van der Waals surface area contributed by atoms with E-state index in [1.807, 2.05) is 0 Å². The van der Waals surface area contributed by atoms with Crippen LogP contribution in [0.5, 0.6) is 0 Å². The summed E-state index contributed by atoms with van der Waals surface area (Å²) in [4.78, 5) is 22.5. The lowest BCUT2D eigenvalue weighted by Gasteiger charge is -2.03. The fraction of sp³-hybridized carbons (Fsp3) is 0.357. The van der Waals surface area contributed by atoms with Crippen molar-refractivity contribution in [2.45, 2.75) is 31.0 Å². The van der Waals surface area contributed by atoms with Crippen molar-refractivity contribution < 1.29 is 9.72 Å². The molecular weight excluding hydrogens is 336 g/mol. The van der Waals surface area contributed by atoms with E-state index in [0.717, 1.165) is 22.9 Å². The Bertz CT molecular complexity index is 718. The highest BCUT2D eigenvalue weighted by molar-refractivity contribution is 8.01. The summed E-state index contributed by atoms with van der Waals surface area (Å²) >= 11 is 2.93. The normalized spacial score (nSPS) is 10.5. The minimum Gasteiger partial charge on any atom is -0.296 e. The number of hydrogen-bond donors (Lipinski definition) is 1. The van der Waals surface area contributed by atoms with Crippen LogP contribution in [0.1, 0.15) is 35.7 Å². The highest BCUT2D eigenvalue weighted by atomic mass is 32.2. The summed E-state index contributed by atoms with van der Waals surface area (Å²) in [7, 11) is 0. The second-order valence-corrected chi connectivity index (χ2v) is 7.11. The van der Waals surface area contributed by atoms with E-state index in [-0.39, 0.29) is 11.6 Å². The maximum absolute atomic E-state index is 12.2. The summed E-state index contributed by atoms with van der Waals surface area (Å²) < 4.78 is 0.814. The monoisotopic (exact) mass is 352 g/mol. The molecule has 0 atom stereocenters. The predicted octanol–water partition coefficient (Wildman–Crippen LogP) is 3.90. The zero-order chi connectivity index (χ0) is 16.8. The minimum atomic E-state index is -0.471. The number of rotatable bonds is 7. The summed E-state index contributed by atoms with van der Waals surface area (Å²) in [6.07, 6.45) is 2.23. The van der Waals surface area contributed by atoms with Crippen molar-refractivity contribution in [1.29, 1.82) is 0 Å². The lowest BCUT2D eigenvalue weighted by molar-refractivity contribution is -0.385. The number of hydrogen-bond acceptors (Lipinski definition) is 7. The Kier molecular flexibility index (Phi) is 6.05. The number of unbranched alkanes of at least 4 members (excludes halogenated alkanes) is 1. The molecule has 1 heterocycles. The Morgan fingerprint density at radius 1 is 1.43 bits per heavy atom. The van der Waals surface area contributed by atoms with Gasteiger partial charge >= 0.3 is 0 Å². The van der Waals surface area contributed by atoms with E-state index in [1.165, 1.54) is 29.5 Å². The molecule has 9 heteroatoms. The average Bonchev–Trinajstić information content (AvgIpc) is 2.94. The number of anilines is 1. The molecule has 0 bridgehead atoms. The van der Waals surface area contributed by atoms with Crippen LogP contribution in [-0.2, 0) is 0 Å². The third kappa shape index (κ3) is 4.73. The Labute approximate surface area is 141 Å². The molecule has 0 aliphatic carbocycles. The topological polar surface area (TPSA) is 98.0 Å². The fourth-order valence-electron chi connectivity index (χ4n) is 1.79. The Morgan fingerprint density at radius 2 is 2.22 bits per heavy atom. The van der Waals surface area contributed by atoms with Crippen molar-refractivity contribution >= 4 is 39.8 Å². The van der Waals surface area contributed by atoms with Crippen LogP contribution in [0.4, 0.5) is 10.8 Å². The van der Waals surface area contributed by atoms with Crippen LogP contribution >= 0.6 is 23.1 Å². The molecule has 0 spiro atoms. The summed E-state index contributed by atoms with van der Waals surface area (Å²) in [5.74, 6) is 0.616. The fourth-order valence-corrected chi connectivity index (χ4v) is 3.69. The largest absolute Gasteiger partial charge is 0.296 e. The van der Waals surface area contributed by atoms with E-state index in [4.69, 9.17) is 0 Å². The van der Waals surface area contributed by atoms with Gasteiger partial charge in [0, 0.05) is 22.9 Å². The number of carbonyl (C=O) groups excluding carboxylic acids is 1. The predicted molar refractivity (Wildman–Crippen MR) is 91.3 cm³/mol. The number of thioether (sulfide) groups is 1. The van der Waals surface area contributed by atoms with Crippen molar-refractivity contribution in [3.05, 3.63) is 39.4 Å². The summed E-state index contributed by atoms with van der Waals surface area (Å²) in [5, 5.41) is 21.8. The number of nitro groups is 1. The first-order valence-corrected chi connectivity index (χ1v) is 8.84. The number of carbonyl (C=O) groups is 1. The van der Waals surface area contributed by atoms with Crippen LogP contribution in [0.2, 0.25) is 0 Å². The van der Waals surface area contributed by atoms with Crippen LogP contribution in [0.25, 0.3) is 0 Å². The van der Waals surface area contributed by atoms with Crippen molar-refractivity contribution in [2.24, 2.45) is 0 Å². The molecule has 2 rings (SSSR count). The van der Waals surface area contributed by atoms with Crippen LogP contribution < -0.4 is 5.32 Å². The van der Waals surface area contributed by atoms with Crippen molar-refractivity contribution in [1.82, 2.24) is 10.2 Å². The van der Waals surface area contributed by atoms with E-state index in [0.29, 0.717) is 16.3 Å². The molecule has 0 saturated carbocycles. The molecule has 1 N–H and O–H groups in total. The number of amides is 1. The third-order valence-corrected chi connectivity index (χ3v) is 5.06. The van der Waals surface area contributed by atoms with Gasteiger partial charge in [0.05, 0.1) is 4.92 Å². The number of aromatic nitrogens is 2. The van der Waals surface area contributed by atoms with E-state index in [2.05, 4.69) is 22.4 Å². The Morgan fingerprint density at radius 3 is 2.87 bits per heavy atom. The highest BCUT2D eigenvalue weighted by Crippen LogP contribution is 2.27. The lowest BCUT2D eigenvalue weighted by atomic mass is 10.1. The number of benzene rings is 1. The molecule has 122 valence electrons.